The van der Waals surface area contributed by atoms with E-state index in [9.17, 15) is 9.59 Å². The molecular formula is C21H25N5O5. The van der Waals surface area contributed by atoms with Crippen LogP contribution in [0, 0.1) is 13.8 Å². The van der Waals surface area contributed by atoms with Crippen molar-refractivity contribution in [1.29, 1.82) is 0 Å². The predicted octanol–water partition coefficient (Wildman–Crippen LogP) is 2.66. The second kappa shape index (κ2) is 8.90. The second-order valence-corrected chi connectivity index (χ2v) is 7.04. The van der Waals surface area contributed by atoms with Crippen molar-refractivity contribution in [3.8, 4) is 11.5 Å². The van der Waals surface area contributed by atoms with E-state index in [2.05, 4.69) is 15.5 Å². The highest BCUT2D eigenvalue weighted by atomic mass is 16.5. The Labute approximate surface area is 179 Å². The van der Waals surface area contributed by atoms with E-state index in [1.807, 2.05) is 25.1 Å². The molecule has 0 saturated heterocycles. The lowest BCUT2D eigenvalue weighted by molar-refractivity contribution is -0.140. The molecule has 0 spiro atoms. The molecule has 10 heteroatoms. The number of nitrogens with zero attached hydrogens (tertiary/aromatic N) is 4. The first-order valence-electron chi connectivity index (χ1n) is 9.59. The SMILES string of the molecule is COc1ccc(Cn2nc(C)c(NC(=O)c3ccn(C(C)C(=O)O)n3)c2C)cc1OC. The van der Waals surface area contributed by atoms with Crippen molar-refractivity contribution < 1.29 is 24.2 Å². The summed E-state index contributed by atoms with van der Waals surface area (Å²) in [7, 11) is 3.16. The highest BCUT2D eigenvalue weighted by Crippen LogP contribution is 2.28. The first-order valence-corrected chi connectivity index (χ1v) is 9.59. The number of aryl methyl sites for hydroxylation is 1. The summed E-state index contributed by atoms with van der Waals surface area (Å²) >= 11 is 0. The van der Waals surface area contributed by atoms with Crippen molar-refractivity contribution in [2.75, 3.05) is 19.5 Å². The van der Waals surface area contributed by atoms with E-state index in [4.69, 9.17) is 14.6 Å². The molecule has 2 heterocycles. The fourth-order valence-electron chi connectivity index (χ4n) is 3.15. The van der Waals surface area contributed by atoms with Crippen LogP contribution in [-0.2, 0) is 11.3 Å². The van der Waals surface area contributed by atoms with Gasteiger partial charge in [-0.1, -0.05) is 6.07 Å². The van der Waals surface area contributed by atoms with Crippen molar-refractivity contribution in [3.63, 3.8) is 0 Å². The Bertz CT molecular complexity index is 1120. The minimum atomic E-state index is -1.03. The molecule has 31 heavy (non-hydrogen) atoms. The quantitative estimate of drug-likeness (QED) is 0.567. The van der Waals surface area contributed by atoms with Crippen LogP contribution in [0.1, 0.15) is 40.4 Å². The molecule has 2 aromatic heterocycles. The van der Waals surface area contributed by atoms with E-state index in [0.717, 1.165) is 11.3 Å². The molecule has 0 aliphatic carbocycles. The summed E-state index contributed by atoms with van der Waals surface area (Å²) in [6.07, 6.45) is 1.47. The van der Waals surface area contributed by atoms with Gasteiger partial charge in [0, 0.05) is 6.20 Å². The zero-order chi connectivity index (χ0) is 22.7. The van der Waals surface area contributed by atoms with Crippen LogP contribution in [0.3, 0.4) is 0 Å². The van der Waals surface area contributed by atoms with Gasteiger partial charge in [0.15, 0.2) is 17.2 Å². The average Bonchev–Trinajstić information content (AvgIpc) is 3.34. The van der Waals surface area contributed by atoms with Crippen LogP contribution in [0.25, 0.3) is 0 Å². The van der Waals surface area contributed by atoms with E-state index >= 15 is 0 Å². The molecule has 1 unspecified atom stereocenters. The van der Waals surface area contributed by atoms with Crippen LogP contribution >= 0.6 is 0 Å². The number of methoxy groups -OCH3 is 2. The topological polar surface area (TPSA) is 121 Å². The molecule has 0 aliphatic rings. The van der Waals surface area contributed by atoms with Crippen molar-refractivity contribution >= 4 is 17.6 Å². The third-order valence-corrected chi connectivity index (χ3v) is 5.00. The Morgan fingerprint density at radius 2 is 1.84 bits per heavy atom. The number of carbonyl (C=O) groups excluding carboxylic acids is 1. The number of aliphatic carboxylic acids is 1. The molecule has 0 radical (unpaired) electrons. The molecule has 0 bridgehead atoms. The minimum absolute atomic E-state index is 0.125. The molecule has 1 atom stereocenters. The Morgan fingerprint density at radius 3 is 2.48 bits per heavy atom. The maximum absolute atomic E-state index is 12.6. The average molecular weight is 427 g/mol. The minimum Gasteiger partial charge on any atom is -0.493 e. The van der Waals surface area contributed by atoms with Gasteiger partial charge >= 0.3 is 5.97 Å². The summed E-state index contributed by atoms with van der Waals surface area (Å²) in [5, 5.41) is 20.5. The molecule has 0 fully saturated rings. The van der Waals surface area contributed by atoms with E-state index < -0.39 is 17.9 Å². The molecule has 1 aromatic carbocycles. The molecule has 0 aliphatic heterocycles. The summed E-state index contributed by atoms with van der Waals surface area (Å²) in [6.45, 7) is 5.64. The van der Waals surface area contributed by atoms with Gasteiger partial charge in [0.2, 0.25) is 0 Å². The summed E-state index contributed by atoms with van der Waals surface area (Å²) in [4.78, 5) is 23.7. The monoisotopic (exact) mass is 427 g/mol. The van der Waals surface area contributed by atoms with Crippen LogP contribution in [0.2, 0.25) is 0 Å². The number of nitrogens with one attached hydrogen (secondary N) is 1. The molecule has 10 nitrogen and oxygen atoms in total. The number of ether oxygens (including phenoxy) is 2. The third kappa shape index (κ3) is 4.52. The lowest BCUT2D eigenvalue weighted by atomic mass is 10.2. The summed E-state index contributed by atoms with van der Waals surface area (Å²) < 4.78 is 13.6. The Balaban J connectivity index is 1.79. The smallest absolute Gasteiger partial charge is 0.328 e. The zero-order valence-corrected chi connectivity index (χ0v) is 18.0. The van der Waals surface area contributed by atoms with Crippen molar-refractivity contribution in [3.05, 3.63) is 53.1 Å². The first kappa shape index (κ1) is 21.9. The first-order chi connectivity index (χ1) is 14.7. The Morgan fingerprint density at radius 1 is 1.13 bits per heavy atom. The van der Waals surface area contributed by atoms with Gasteiger partial charge in [0.05, 0.1) is 37.8 Å². The Kier molecular flexibility index (Phi) is 6.28. The lowest BCUT2D eigenvalue weighted by Crippen LogP contribution is -2.18. The summed E-state index contributed by atoms with van der Waals surface area (Å²) in [5.41, 5.74) is 3.11. The van der Waals surface area contributed by atoms with Crippen molar-refractivity contribution in [2.45, 2.75) is 33.4 Å². The fourth-order valence-corrected chi connectivity index (χ4v) is 3.15. The van der Waals surface area contributed by atoms with Crippen LogP contribution in [0.4, 0.5) is 5.69 Å². The number of benzene rings is 1. The highest BCUT2D eigenvalue weighted by Gasteiger charge is 2.20. The zero-order valence-electron chi connectivity index (χ0n) is 18.0. The normalized spacial score (nSPS) is 11.8. The van der Waals surface area contributed by atoms with Gasteiger partial charge in [-0.25, -0.2) is 4.79 Å². The summed E-state index contributed by atoms with van der Waals surface area (Å²) in [6, 6.07) is 6.25. The van der Waals surface area contributed by atoms with Gasteiger partial charge in [-0.15, -0.1) is 0 Å². The van der Waals surface area contributed by atoms with E-state index in [-0.39, 0.29) is 5.69 Å². The number of rotatable bonds is 8. The van der Waals surface area contributed by atoms with Gasteiger partial charge in [-0.2, -0.15) is 10.2 Å². The van der Waals surface area contributed by atoms with Crippen LogP contribution in [-0.4, -0.2) is 50.8 Å². The number of aromatic nitrogens is 4. The molecule has 2 N–H and O–H groups in total. The summed E-state index contributed by atoms with van der Waals surface area (Å²) in [5.74, 6) is -0.197. The highest BCUT2D eigenvalue weighted by molar-refractivity contribution is 6.03. The van der Waals surface area contributed by atoms with Gasteiger partial charge < -0.3 is 19.9 Å². The molecule has 1 amide bonds. The number of carbonyl (C=O) groups is 2. The molecule has 3 rings (SSSR count). The third-order valence-electron chi connectivity index (χ3n) is 5.00. The molecular weight excluding hydrogens is 402 g/mol. The largest absolute Gasteiger partial charge is 0.493 e. The van der Waals surface area contributed by atoms with Crippen LogP contribution in [0.15, 0.2) is 30.5 Å². The van der Waals surface area contributed by atoms with E-state index in [1.165, 1.54) is 23.9 Å². The van der Waals surface area contributed by atoms with Crippen LogP contribution < -0.4 is 14.8 Å². The fraction of sp³-hybridized carbons (Fsp3) is 0.333. The van der Waals surface area contributed by atoms with E-state index in [1.54, 1.807) is 25.8 Å². The number of hydrogen-bond acceptors (Lipinski definition) is 6. The molecule has 3 aromatic rings. The maximum atomic E-state index is 12.6. The van der Waals surface area contributed by atoms with Gasteiger partial charge in [-0.3, -0.25) is 14.2 Å². The standard InChI is InChI=1S/C21H25N5O5/c1-12-19(22-20(27)16-8-9-25(24-16)14(3)21(28)29)13(2)26(23-12)11-15-6-7-17(30-4)18(10-15)31-5/h6-10,14H,11H2,1-5H3,(H,22,27)(H,28,29). The number of hydrogen-bond donors (Lipinski definition) is 2. The van der Waals surface area contributed by atoms with Crippen molar-refractivity contribution in [2.24, 2.45) is 0 Å². The number of anilines is 1. The van der Waals surface area contributed by atoms with Crippen molar-refractivity contribution in [1.82, 2.24) is 19.6 Å². The second-order valence-electron chi connectivity index (χ2n) is 7.04. The van der Waals surface area contributed by atoms with Gasteiger partial charge in [-0.05, 0) is 44.5 Å². The lowest BCUT2D eigenvalue weighted by Gasteiger charge is -2.11. The van der Waals surface area contributed by atoms with Gasteiger partial charge in [0.25, 0.3) is 5.91 Å². The molecule has 0 saturated carbocycles. The van der Waals surface area contributed by atoms with Crippen LogP contribution in [0.5, 0.6) is 11.5 Å². The Hall–Kier alpha value is -3.82. The van der Waals surface area contributed by atoms with E-state index in [0.29, 0.717) is 29.4 Å². The number of carboxylic acid groups (broad SMARTS) is 1. The predicted molar refractivity (Wildman–Crippen MR) is 113 cm³/mol. The molecule has 164 valence electrons. The maximum Gasteiger partial charge on any atom is 0.328 e. The number of amides is 1. The number of carboxylic acids is 1. The van der Waals surface area contributed by atoms with Gasteiger partial charge in [0.1, 0.15) is 6.04 Å².